The number of para-hydroxylation sites is 2. The van der Waals surface area contributed by atoms with Gasteiger partial charge in [0.2, 0.25) is 0 Å². The van der Waals surface area contributed by atoms with Crippen LogP contribution in [0.5, 0.6) is 0 Å². The predicted molar refractivity (Wildman–Crippen MR) is 240 cm³/mol. The van der Waals surface area contributed by atoms with Gasteiger partial charge in [-0.25, -0.2) is 0 Å². The van der Waals surface area contributed by atoms with Gasteiger partial charge in [-0.05, 0) is 103 Å². The van der Waals surface area contributed by atoms with E-state index in [1.54, 1.807) is 0 Å². The van der Waals surface area contributed by atoms with Gasteiger partial charge in [-0.15, -0.1) is 0 Å². The fourth-order valence-electron chi connectivity index (χ4n) is 8.16. The van der Waals surface area contributed by atoms with Gasteiger partial charge in [-0.2, -0.15) is 0 Å². The minimum atomic E-state index is -0.0443. The third kappa shape index (κ3) is 6.35. The van der Waals surface area contributed by atoms with E-state index in [9.17, 15) is 0 Å². The summed E-state index contributed by atoms with van der Waals surface area (Å²) in [5, 5.41) is 4.76. The van der Waals surface area contributed by atoms with Crippen LogP contribution < -0.4 is 4.90 Å². The second kappa shape index (κ2) is 13.7. The normalized spacial score (nSPS) is 12.1. The van der Waals surface area contributed by atoms with Crippen LogP contribution in [0.15, 0.2) is 180 Å². The first kappa shape index (κ1) is 35.3. The van der Waals surface area contributed by atoms with E-state index in [1.807, 2.05) is 12.1 Å². The van der Waals surface area contributed by atoms with Crippen molar-refractivity contribution in [2.24, 2.45) is 0 Å². The molecule has 274 valence electrons. The molecule has 0 radical (unpaired) electrons. The Kier molecular flexibility index (Phi) is 8.66. The molecule has 0 amide bonds. The maximum Gasteiger partial charge on any atom is 0.136 e. The molecule has 0 aliphatic carbocycles. The van der Waals surface area contributed by atoms with Gasteiger partial charge >= 0.3 is 0 Å². The smallest absolute Gasteiger partial charge is 0.136 e. The summed E-state index contributed by atoms with van der Waals surface area (Å²) in [7, 11) is 0. The zero-order chi connectivity index (χ0) is 38.6. The quantitative estimate of drug-likeness (QED) is 0.170. The van der Waals surface area contributed by atoms with Gasteiger partial charge in [0.25, 0.3) is 0 Å². The van der Waals surface area contributed by atoms with Gasteiger partial charge in [-0.3, -0.25) is 0 Å². The molecule has 0 unspecified atom stereocenters. The molecule has 9 aromatic rings. The Morgan fingerprint density at radius 2 is 0.929 bits per heavy atom. The summed E-state index contributed by atoms with van der Waals surface area (Å²) in [6.45, 7) is 13.9. The summed E-state index contributed by atoms with van der Waals surface area (Å²) in [6.07, 6.45) is 0. The molecule has 1 heterocycles. The van der Waals surface area contributed by atoms with Crippen LogP contribution in [0, 0.1) is 0 Å². The highest BCUT2D eigenvalue weighted by atomic mass is 16.3. The third-order valence-corrected chi connectivity index (χ3v) is 11.2. The Morgan fingerprint density at radius 1 is 0.393 bits per heavy atom. The maximum atomic E-state index is 6.28. The van der Waals surface area contributed by atoms with Gasteiger partial charge < -0.3 is 9.32 Å². The van der Waals surface area contributed by atoms with Crippen molar-refractivity contribution in [1.82, 2.24) is 0 Å². The van der Waals surface area contributed by atoms with Crippen molar-refractivity contribution >= 4 is 49.8 Å². The van der Waals surface area contributed by atoms with E-state index in [4.69, 9.17) is 4.42 Å². The minimum Gasteiger partial charge on any atom is -0.456 e. The van der Waals surface area contributed by atoms with Crippen molar-refractivity contribution in [2.45, 2.75) is 52.4 Å². The number of rotatable bonds is 6. The topological polar surface area (TPSA) is 16.4 Å². The number of furan rings is 1. The molecule has 0 atom stereocenters. The zero-order valence-electron chi connectivity index (χ0n) is 33.1. The molecule has 0 spiro atoms. The summed E-state index contributed by atoms with van der Waals surface area (Å²) < 4.78 is 6.28. The fourth-order valence-corrected chi connectivity index (χ4v) is 8.16. The summed E-state index contributed by atoms with van der Waals surface area (Å²) in [5.74, 6) is 0. The lowest BCUT2D eigenvalue weighted by atomic mass is 9.80. The number of anilines is 3. The first-order chi connectivity index (χ1) is 27.0. The highest BCUT2D eigenvalue weighted by molar-refractivity contribution is 6.12. The van der Waals surface area contributed by atoms with Crippen LogP contribution in [0.1, 0.15) is 52.7 Å². The van der Waals surface area contributed by atoms with Crippen LogP contribution in [0.3, 0.4) is 0 Å². The molecule has 1 aromatic heterocycles. The summed E-state index contributed by atoms with van der Waals surface area (Å²) in [6, 6.07) is 64.1. The molecule has 0 saturated carbocycles. The number of nitrogens with zero attached hydrogens (tertiary/aromatic N) is 1. The number of fused-ring (bicyclic) bond motifs is 4. The van der Waals surface area contributed by atoms with Crippen molar-refractivity contribution in [3.63, 3.8) is 0 Å². The lowest BCUT2D eigenvalue weighted by Gasteiger charge is -2.32. The predicted octanol–water partition coefficient (Wildman–Crippen LogP) is 15.8. The Bertz CT molecular complexity index is 2830. The van der Waals surface area contributed by atoms with Crippen molar-refractivity contribution in [3.8, 4) is 33.4 Å². The van der Waals surface area contributed by atoms with E-state index in [2.05, 4.69) is 210 Å². The van der Waals surface area contributed by atoms with E-state index in [1.165, 1.54) is 49.7 Å². The maximum absolute atomic E-state index is 6.28. The van der Waals surface area contributed by atoms with Crippen LogP contribution >= 0.6 is 0 Å². The number of hydrogen-bond acceptors (Lipinski definition) is 2. The molecular weight excluding hydrogens is 679 g/mol. The van der Waals surface area contributed by atoms with Gasteiger partial charge in [0.1, 0.15) is 11.2 Å². The van der Waals surface area contributed by atoms with Crippen LogP contribution in [0.2, 0.25) is 0 Å². The van der Waals surface area contributed by atoms with E-state index in [0.29, 0.717) is 0 Å². The molecule has 8 aromatic carbocycles. The molecule has 0 aliphatic rings. The van der Waals surface area contributed by atoms with E-state index < -0.39 is 0 Å². The van der Waals surface area contributed by atoms with Crippen molar-refractivity contribution in [1.29, 1.82) is 0 Å². The molecule has 2 nitrogen and oxygen atoms in total. The SMILES string of the molecule is CC(C)(C)c1cc(N(c2ccc(-c3cccc4oc5ccccc5c34)cc2)c2ccccc2-c2cccc3cccc(-c4ccccc4)c23)cc(C(C)(C)C)c1. The Morgan fingerprint density at radius 3 is 1.62 bits per heavy atom. The van der Waals surface area contributed by atoms with Crippen molar-refractivity contribution in [2.75, 3.05) is 4.90 Å². The highest BCUT2D eigenvalue weighted by Gasteiger charge is 2.25. The Hall–Kier alpha value is -6.38. The second-order valence-electron chi connectivity index (χ2n) is 17.0. The fraction of sp³-hybridized carbons (Fsp3) is 0.148. The first-order valence-corrected chi connectivity index (χ1v) is 19.7. The molecule has 9 rings (SSSR count). The van der Waals surface area contributed by atoms with Crippen molar-refractivity contribution in [3.05, 3.63) is 187 Å². The van der Waals surface area contributed by atoms with E-state index >= 15 is 0 Å². The number of benzene rings is 8. The van der Waals surface area contributed by atoms with Gasteiger partial charge in [0, 0.05) is 27.7 Å². The van der Waals surface area contributed by atoms with Crippen LogP contribution in [0.4, 0.5) is 17.1 Å². The van der Waals surface area contributed by atoms with E-state index in [-0.39, 0.29) is 10.8 Å². The average Bonchev–Trinajstić information content (AvgIpc) is 3.60. The van der Waals surface area contributed by atoms with Crippen LogP contribution in [-0.4, -0.2) is 0 Å². The summed E-state index contributed by atoms with van der Waals surface area (Å²) in [5.41, 5.74) is 14.9. The summed E-state index contributed by atoms with van der Waals surface area (Å²) in [4.78, 5) is 2.47. The number of hydrogen-bond donors (Lipinski definition) is 0. The minimum absolute atomic E-state index is 0.0443. The monoisotopic (exact) mass is 725 g/mol. The molecule has 0 aliphatic heterocycles. The molecule has 2 heteroatoms. The lowest BCUT2D eigenvalue weighted by molar-refractivity contribution is 0.569. The van der Waals surface area contributed by atoms with Gasteiger partial charge in [-0.1, -0.05) is 175 Å². The molecular formula is C54H47NO. The van der Waals surface area contributed by atoms with Gasteiger partial charge in [0.15, 0.2) is 0 Å². The first-order valence-electron chi connectivity index (χ1n) is 19.7. The molecule has 0 saturated heterocycles. The standard InChI is InChI=1S/C54H47NO/c1-53(2,3)39-33-40(54(4,5)6)35-42(34-39)55(41-31-29-37(30-32-41)44-24-16-28-50-52(44)47-22-11-13-27-49(47)56-50)48-26-12-10-21-45(48)46-25-15-20-38-19-14-23-43(51(38)46)36-17-8-7-9-18-36/h7-35H,1-6H3. The summed E-state index contributed by atoms with van der Waals surface area (Å²) >= 11 is 0. The molecule has 0 fully saturated rings. The van der Waals surface area contributed by atoms with E-state index in [0.717, 1.165) is 44.6 Å². The largest absolute Gasteiger partial charge is 0.456 e. The zero-order valence-corrected chi connectivity index (χ0v) is 33.1. The van der Waals surface area contributed by atoms with Gasteiger partial charge in [0.05, 0.1) is 5.69 Å². The Balaban J connectivity index is 1.28. The van der Waals surface area contributed by atoms with Crippen LogP contribution in [0.25, 0.3) is 66.1 Å². The molecule has 56 heavy (non-hydrogen) atoms. The highest BCUT2D eigenvalue weighted by Crippen LogP contribution is 2.47. The van der Waals surface area contributed by atoms with Crippen LogP contribution in [-0.2, 0) is 10.8 Å². The molecule has 0 N–H and O–H groups in total. The second-order valence-corrected chi connectivity index (χ2v) is 17.0. The Labute approximate surface area is 330 Å². The third-order valence-electron chi connectivity index (χ3n) is 11.2. The molecule has 0 bridgehead atoms. The lowest BCUT2D eigenvalue weighted by Crippen LogP contribution is -2.19. The average molecular weight is 726 g/mol. The van der Waals surface area contributed by atoms with Crippen molar-refractivity contribution < 1.29 is 4.42 Å².